The van der Waals surface area contributed by atoms with E-state index in [1.165, 1.54) is 0 Å². The predicted octanol–water partition coefficient (Wildman–Crippen LogP) is 3.08. The van der Waals surface area contributed by atoms with Crippen LogP contribution in [0, 0.1) is 6.92 Å². The minimum Gasteiger partial charge on any atom is -0.464 e. The van der Waals surface area contributed by atoms with Gasteiger partial charge >= 0.3 is 0 Å². The number of amides is 1. The van der Waals surface area contributed by atoms with Crippen molar-refractivity contribution in [2.24, 2.45) is 0 Å². The van der Waals surface area contributed by atoms with Crippen LogP contribution < -0.4 is 0 Å². The second-order valence-corrected chi connectivity index (χ2v) is 5.17. The van der Waals surface area contributed by atoms with Gasteiger partial charge in [0, 0.05) is 6.04 Å². The van der Waals surface area contributed by atoms with Crippen molar-refractivity contribution < 1.29 is 9.21 Å². The summed E-state index contributed by atoms with van der Waals surface area (Å²) >= 11 is 5.68. The fourth-order valence-electron chi connectivity index (χ4n) is 1.80. The molecule has 0 radical (unpaired) electrons. The molecule has 0 N–H and O–H groups in total. The molecule has 0 saturated heterocycles. The van der Waals surface area contributed by atoms with Gasteiger partial charge in [-0.05, 0) is 45.0 Å². The number of rotatable bonds is 4. The second-order valence-electron chi connectivity index (χ2n) is 4.78. The van der Waals surface area contributed by atoms with Crippen molar-refractivity contribution in [2.45, 2.75) is 33.4 Å². The Balaban J connectivity index is 2.19. The summed E-state index contributed by atoms with van der Waals surface area (Å²) in [5.41, 5.74) is 0.270. The van der Waals surface area contributed by atoms with E-state index in [9.17, 15) is 4.79 Å². The Morgan fingerprint density at radius 3 is 2.55 bits per heavy atom. The van der Waals surface area contributed by atoms with Crippen LogP contribution in [-0.2, 0) is 6.54 Å². The zero-order valence-electron chi connectivity index (χ0n) is 11.6. The number of aryl methyl sites for hydroxylation is 1. The highest BCUT2D eigenvalue weighted by molar-refractivity contribution is 6.29. The van der Waals surface area contributed by atoms with Crippen molar-refractivity contribution >= 4 is 17.5 Å². The zero-order valence-corrected chi connectivity index (χ0v) is 12.4. The molecule has 1 amide bonds. The number of carbonyl (C=O) groups is 1. The minimum atomic E-state index is -0.196. The lowest BCUT2D eigenvalue weighted by atomic mass is 10.2. The fraction of sp³-hybridized carbons (Fsp3) is 0.357. The molecule has 0 unspecified atom stereocenters. The van der Waals surface area contributed by atoms with E-state index in [1.54, 1.807) is 17.0 Å². The van der Waals surface area contributed by atoms with Crippen LogP contribution in [0.2, 0.25) is 5.15 Å². The van der Waals surface area contributed by atoms with E-state index >= 15 is 0 Å². The number of halogens is 1. The minimum absolute atomic E-state index is 0.0189. The van der Waals surface area contributed by atoms with Gasteiger partial charge in [0.2, 0.25) is 0 Å². The lowest BCUT2D eigenvalue weighted by Crippen LogP contribution is -2.36. The van der Waals surface area contributed by atoms with Crippen LogP contribution in [0.5, 0.6) is 0 Å². The van der Waals surface area contributed by atoms with E-state index in [0.29, 0.717) is 6.54 Å². The van der Waals surface area contributed by atoms with Crippen LogP contribution in [0.1, 0.15) is 35.9 Å². The van der Waals surface area contributed by atoms with Crippen LogP contribution in [0.25, 0.3) is 0 Å². The van der Waals surface area contributed by atoms with E-state index in [1.807, 2.05) is 32.9 Å². The van der Waals surface area contributed by atoms with Crippen molar-refractivity contribution in [2.75, 3.05) is 0 Å². The highest BCUT2D eigenvalue weighted by Crippen LogP contribution is 2.15. The Kier molecular flexibility index (Phi) is 4.39. The first kappa shape index (κ1) is 14.5. The Bertz CT molecular complexity index is 593. The second kappa shape index (κ2) is 6.05. The summed E-state index contributed by atoms with van der Waals surface area (Å²) in [5.74, 6) is 1.37. The van der Waals surface area contributed by atoms with Gasteiger partial charge in [0.25, 0.3) is 5.91 Å². The van der Waals surface area contributed by atoms with Gasteiger partial charge in [-0.1, -0.05) is 11.6 Å². The van der Waals surface area contributed by atoms with E-state index in [-0.39, 0.29) is 22.8 Å². The number of nitrogens with zero attached hydrogens (tertiary/aromatic N) is 3. The van der Waals surface area contributed by atoms with E-state index in [4.69, 9.17) is 16.0 Å². The monoisotopic (exact) mass is 293 g/mol. The summed E-state index contributed by atoms with van der Waals surface area (Å²) in [4.78, 5) is 14.1. The lowest BCUT2D eigenvalue weighted by molar-refractivity contribution is 0.0668. The summed E-state index contributed by atoms with van der Waals surface area (Å²) in [6.45, 7) is 6.15. The maximum absolute atomic E-state index is 12.4. The predicted molar refractivity (Wildman–Crippen MR) is 75.5 cm³/mol. The number of carbonyl (C=O) groups excluding carboxylic acids is 1. The van der Waals surface area contributed by atoms with Crippen molar-refractivity contribution in [1.29, 1.82) is 0 Å². The largest absolute Gasteiger partial charge is 0.464 e. The maximum Gasteiger partial charge on any atom is 0.275 e. The lowest BCUT2D eigenvalue weighted by Gasteiger charge is -2.25. The maximum atomic E-state index is 12.4. The van der Waals surface area contributed by atoms with E-state index in [2.05, 4.69) is 10.2 Å². The molecule has 2 heterocycles. The number of hydrogen-bond acceptors (Lipinski definition) is 4. The molecule has 2 rings (SSSR count). The van der Waals surface area contributed by atoms with Gasteiger partial charge in [-0.2, -0.15) is 0 Å². The number of aromatic nitrogens is 2. The molecule has 0 aromatic carbocycles. The third-order valence-electron chi connectivity index (χ3n) is 2.86. The van der Waals surface area contributed by atoms with Crippen molar-refractivity contribution in [3.05, 3.63) is 46.6 Å². The van der Waals surface area contributed by atoms with Crippen LogP contribution in [0.4, 0.5) is 0 Å². The molecule has 0 fully saturated rings. The molecule has 2 aromatic heterocycles. The van der Waals surface area contributed by atoms with Crippen LogP contribution in [-0.4, -0.2) is 27.0 Å². The van der Waals surface area contributed by atoms with Crippen LogP contribution in [0.3, 0.4) is 0 Å². The Morgan fingerprint density at radius 1 is 1.30 bits per heavy atom. The van der Waals surface area contributed by atoms with Gasteiger partial charge in [0.15, 0.2) is 10.8 Å². The van der Waals surface area contributed by atoms with E-state index < -0.39 is 0 Å². The molecule has 2 aromatic rings. The van der Waals surface area contributed by atoms with Gasteiger partial charge in [-0.3, -0.25) is 4.79 Å². The molecule has 20 heavy (non-hydrogen) atoms. The van der Waals surface area contributed by atoms with Crippen molar-refractivity contribution in [3.63, 3.8) is 0 Å². The highest BCUT2D eigenvalue weighted by Gasteiger charge is 2.21. The fourth-order valence-corrected chi connectivity index (χ4v) is 1.90. The average molecular weight is 294 g/mol. The SMILES string of the molecule is Cc1ccc(CN(C(=O)c2ccc(Cl)nn2)C(C)C)o1. The van der Waals surface area contributed by atoms with Gasteiger partial charge in [0.1, 0.15) is 11.5 Å². The molecule has 0 bridgehead atoms. The molecule has 0 aliphatic rings. The first-order chi connectivity index (χ1) is 9.47. The molecular weight excluding hydrogens is 278 g/mol. The molecule has 0 atom stereocenters. The molecule has 106 valence electrons. The van der Waals surface area contributed by atoms with Crippen molar-refractivity contribution in [1.82, 2.24) is 15.1 Å². The summed E-state index contributed by atoms with van der Waals surface area (Å²) in [6.07, 6.45) is 0. The van der Waals surface area contributed by atoms with Gasteiger partial charge in [-0.15, -0.1) is 10.2 Å². The first-order valence-corrected chi connectivity index (χ1v) is 6.70. The molecule has 0 spiro atoms. The summed E-state index contributed by atoms with van der Waals surface area (Å²) < 4.78 is 5.52. The Hall–Kier alpha value is -1.88. The molecule has 0 aliphatic carbocycles. The topological polar surface area (TPSA) is 59.2 Å². The van der Waals surface area contributed by atoms with Gasteiger partial charge in [-0.25, -0.2) is 0 Å². The first-order valence-electron chi connectivity index (χ1n) is 6.33. The molecule has 0 aliphatic heterocycles. The molecule has 6 heteroatoms. The average Bonchev–Trinajstić information content (AvgIpc) is 2.81. The third kappa shape index (κ3) is 3.36. The third-order valence-corrected chi connectivity index (χ3v) is 3.06. The Labute approximate surface area is 122 Å². The summed E-state index contributed by atoms with van der Waals surface area (Å²) in [5, 5.41) is 7.79. The van der Waals surface area contributed by atoms with Gasteiger partial charge in [0.05, 0.1) is 6.54 Å². The summed E-state index contributed by atoms with van der Waals surface area (Å²) in [6, 6.07) is 6.88. The van der Waals surface area contributed by atoms with Crippen LogP contribution >= 0.6 is 11.6 Å². The van der Waals surface area contributed by atoms with E-state index in [0.717, 1.165) is 11.5 Å². The standard InChI is InChI=1S/C14H16ClN3O2/c1-9(2)18(8-11-5-4-10(3)20-11)14(19)12-6-7-13(15)17-16-12/h4-7,9H,8H2,1-3H3. The van der Waals surface area contributed by atoms with Crippen LogP contribution in [0.15, 0.2) is 28.7 Å². The quantitative estimate of drug-likeness (QED) is 0.869. The normalized spacial score (nSPS) is 10.8. The summed E-state index contributed by atoms with van der Waals surface area (Å²) in [7, 11) is 0. The zero-order chi connectivity index (χ0) is 14.7. The number of furan rings is 1. The smallest absolute Gasteiger partial charge is 0.275 e. The Morgan fingerprint density at radius 2 is 2.05 bits per heavy atom. The molecule has 5 nitrogen and oxygen atoms in total. The highest BCUT2D eigenvalue weighted by atomic mass is 35.5. The number of hydrogen-bond donors (Lipinski definition) is 0. The molecular formula is C14H16ClN3O2. The molecule has 0 saturated carbocycles. The van der Waals surface area contributed by atoms with Crippen molar-refractivity contribution in [3.8, 4) is 0 Å². The van der Waals surface area contributed by atoms with Gasteiger partial charge < -0.3 is 9.32 Å².